The molecule has 6 heteroatoms. The number of hydrogen-bond acceptors (Lipinski definition) is 3. The number of halogens is 1. The van der Waals surface area contributed by atoms with Gasteiger partial charge in [0.05, 0.1) is 23.9 Å². The van der Waals surface area contributed by atoms with E-state index in [0.29, 0.717) is 31.0 Å². The summed E-state index contributed by atoms with van der Waals surface area (Å²) in [6.07, 6.45) is 4.74. The molecule has 0 atom stereocenters. The average molecular weight is 358 g/mol. The fourth-order valence-corrected chi connectivity index (χ4v) is 2.68. The zero-order chi connectivity index (χ0) is 17.6. The molecule has 3 aromatic rings. The van der Waals surface area contributed by atoms with Gasteiger partial charge in [0.1, 0.15) is 11.4 Å². The van der Waals surface area contributed by atoms with Crippen molar-refractivity contribution in [2.24, 2.45) is 0 Å². The fourth-order valence-electron chi connectivity index (χ4n) is 2.51. The monoisotopic (exact) mass is 357 g/mol. The average Bonchev–Trinajstić information content (AvgIpc) is 3.00. The molecule has 0 unspecified atom stereocenters. The number of imidazole rings is 1. The first-order chi connectivity index (χ1) is 12.1. The highest BCUT2D eigenvalue weighted by Crippen LogP contribution is 2.16. The third kappa shape index (κ3) is 4.73. The molecule has 1 N–H and O–H groups in total. The van der Waals surface area contributed by atoms with E-state index in [1.807, 2.05) is 47.9 Å². The number of benzene rings is 1. The molecule has 1 amide bonds. The number of fused-ring (bicyclic) bond motifs is 1. The Balaban J connectivity index is 1.41. The summed E-state index contributed by atoms with van der Waals surface area (Å²) in [5.41, 5.74) is 2.70. The van der Waals surface area contributed by atoms with Crippen molar-refractivity contribution in [3.63, 3.8) is 0 Å². The Labute approximate surface area is 151 Å². The lowest BCUT2D eigenvalue weighted by molar-refractivity contribution is -0.121. The van der Waals surface area contributed by atoms with Crippen LogP contribution >= 0.6 is 11.6 Å². The van der Waals surface area contributed by atoms with Crippen LogP contribution in [0.3, 0.4) is 0 Å². The summed E-state index contributed by atoms with van der Waals surface area (Å²) in [6.45, 7) is 2.92. The molecule has 0 aliphatic heterocycles. The van der Waals surface area contributed by atoms with Crippen LogP contribution in [0.1, 0.15) is 24.1 Å². The zero-order valence-electron chi connectivity index (χ0n) is 14.0. The summed E-state index contributed by atoms with van der Waals surface area (Å²) in [5, 5.41) is 3.53. The molecule has 0 saturated carbocycles. The van der Waals surface area contributed by atoms with Gasteiger partial charge >= 0.3 is 0 Å². The van der Waals surface area contributed by atoms with Crippen LogP contribution in [0.4, 0.5) is 0 Å². The second-order valence-electron chi connectivity index (χ2n) is 5.84. The second kappa shape index (κ2) is 8.03. The lowest BCUT2D eigenvalue weighted by Gasteiger charge is -2.08. The molecule has 2 heterocycles. The number of carbonyl (C=O) groups is 1. The van der Waals surface area contributed by atoms with E-state index in [1.54, 1.807) is 12.3 Å². The number of para-hydroxylation sites is 1. The molecule has 5 nitrogen and oxygen atoms in total. The van der Waals surface area contributed by atoms with Crippen LogP contribution in [0.25, 0.3) is 5.65 Å². The molecule has 0 aliphatic rings. The van der Waals surface area contributed by atoms with Gasteiger partial charge in [0.25, 0.3) is 0 Å². The van der Waals surface area contributed by atoms with Crippen molar-refractivity contribution >= 4 is 23.2 Å². The summed E-state index contributed by atoms with van der Waals surface area (Å²) >= 11 is 5.95. The van der Waals surface area contributed by atoms with Crippen molar-refractivity contribution in [2.45, 2.75) is 26.3 Å². The van der Waals surface area contributed by atoms with Crippen molar-refractivity contribution in [1.29, 1.82) is 0 Å². The highest BCUT2D eigenvalue weighted by molar-refractivity contribution is 6.30. The molecule has 0 saturated heterocycles. The Morgan fingerprint density at radius 1 is 1.24 bits per heavy atom. The minimum Gasteiger partial charge on any atom is -0.493 e. The predicted molar refractivity (Wildman–Crippen MR) is 98.0 cm³/mol. The van der Waals surface area contributed by atoms with Crippen molar-refractivity contribution in [1.82, 2.24) is 14.7 Å². The highest BCUT2D eigenvalue weighted by atomic mass is 35.5. The quantitative estimate of drug-likeness (QED) is 0.655. The summed E-state index contributed by atoms with van der Waals surface area (Å²) in [6, 6.07) is 11.5. The van der Waals surface area contributed by atoms with E-state index in [4.69, 9.17) is 16.3 Å². The zero-order valence-corrected chi connectivity index (χ0v) is 14.8. The van der Waals surface area contributed by atoms with E-state index < -0.39 is 0 Å². The number of amides is 1. The van der Waals surface area contributed by atoms with Gasteiger partial charge < -0.3 is 14.5 Å². The molecule has 0 fully saturated rings. The Kier molecular flexibility index (Phi) is 5.56. The van der Waals surface area contributed by atoms with Crippen molar-refractivity contribution in [3.05, 3.63) is 65.1 Å². The van der Waals surface area contributed by atoms with Crippen LogP contribution < -0.4 is 10.1 Å². The van der Waals surface area contributed by atoms with Gasteiger partial charge in [0.15, 0.2) is 0 Å². The number of hydrogen-bond donors (Lipinski definition) is 1. The van der Waals surface area contributed by atoms with Crippen LogP contribution in [-0.2, 0) is 11.3 Å². The van der Waals surface area contributed by atoms with Gasteiger partial charge in [-0.1, -0.05) is 29.8 Å². The standard InChI is InChI=1S/C19H20ClN3O2/c1-14-5-2-3-6-17(14)25-10-4-7-19(24)21-11-16-13-23-12-15(20)8-9-18(23)22-16/h2-3,5-6,8-9,12-13H,4,7,10-11H2,1H3,(H,21,24). The van der Waals surface area contributed by atoms with Crippen LogP contribution in [0, 0.1) is 6.92 Å². The first-order valence-electron chi connectivity index (χ1n) is 8.20. The van der Waals surface area contributed by atoms with Crippen LogP contribution in [0.15, 0.2) is 48.8 Å². The van der Waals surface area contributed by atoms with Gasteiger partial charge in [-0.05, 0) is 37.1 Å². The van der Waals surface area contributed by atoms with Crippen LogP contribution in [0.2, 0.25) is 5.02 Å². The van der Waals surface area contributed by atoms with Gasteiger partial charge in [-0.2, -0.15) is 0 Å². The van der Waals surface area contributed by atoms with Crippen molar-refractivity contribution in [3.8, 4) is 5.75 Å². The number of nitrogens with one attached hydrogen (secondary N) is 1. The van der Waals surface area contributed by atoms with Crippen molar-refractivity contribution < 1.29 is 9.53 Å². The van der Waals surface area contributed by atoms with E-state index in [-0.39, 0.29) is 5.91 Å². The van der Waals surface area contributed by atoms with Crippen molar-refractivity contribution in [2.75, 3.05) is 6.61 Å². The maximum absolute atomic E-state index is 11.9. The van der Waals surface area contributed by atoms with E-state index in [2.05, 4.69) is 10.3 Å². The number of aryl methyl sites for hydroxylation is 1. The molecule has 1 aromatic carbocycles. The summed E-state index contributed by atoms with van der Waals surface area (Å²) < 4.78 is 7.54. The number of ether oxygens (including phenoxy) is 1. The molecular weight excluding hydrogens is 338 g/mol. The van der Waals surface area contributed by atoms with E-state index >= 15 is 0 Å². The van der Waals surface area contributed by atoms with Crippen LogP contribution in [-0.4, -0.2) is 21.9 Å². The molecule has 25 heavy (non-hydrogen) atoms. The molecule has 3 rings (SSSR count). The predicted octanol–water partition coefficient (Wildman–Crippen LogP) is 3.77. The number of rotatable bonds is 7. The first-order valence-corrected chi connectivity index (χ1v) is 8.58. The molecule has 0 radical (unpaired) electrons. The fraction of sp³-hybridized carbons (Fsp3) is 0.263. The minimum absolute atomic E-state index is 0.0107. The summed E-state index contributed by atoms with van der Waals surface area (Å²) in [4.78, 5) is 16.4. The number of pyridine rings is 1. The number of carbonyl (C=O) groups excluding carboxylic acids is 1. The van der Waals surface area contributed by atoms with E-state index in [9.17, 15) is 4.79 Å². The van der Waals surface area contributed by atoms with Gasteiger partial charge in [0, 0.05) is 18.8 Å². The van der Waals surface area contributed by atoms with Gasteiger partial charge in [-0.15, -0.1) is 0 Å². The Morgan fingerprint density at radius 3 is 2.92 bits per heavy atom. The largest absolute Gasteiger partial charge is 0.493 e. The number of aromatic nitrogens is 2. The Hall–Kier alpha value is -2.53. The Bertz CT molecular complexity index is 876. The van der Waals surface area contributed by atoms with Gasteiger partial charge in [-0.3, -0.25) is 4.79 Å². The second-order valence-corrected chi connectivity index (χ2v) is 6.28. The molecular formula is C19H20ClN3O2. The lowest BCUT2D eigenvalue weighted by atomic mass is 10.2. The molecule has 2 aromatic heterocycles. The van der Waals surface area contributed by atoms with E-state index in [1.165, 1.54) is 0 Å². The minimum atomic E-state index is -0.0107. The third-order valence-corrected chi connectivity index (χ3v) is 4.05. The summed E-state index contributed by atoms with van der Waals surface area (Å²) in [7, 11) is 0. The molecule has 0 bridgehead atoms. The molecule has 0 aliphatic carbocycles. The lowest BCUT2D eigenvalue weighted by Crippen LogP contribution is -2.23. The maximum atomic E-state index is 11.9. The highest BCUT2D eigenvalue weighted by Gasteiger charge is 2.06. The normalized spacial score (nSPS) is 10.8. The smallest absolute Gasteiger partial charge is 0.220 e. The number of nitrogens with zero attached hydrogens (tertiary/aromatic N) is 2. The van der Waals surface area contributed by atoms with Gasteiger partial charge in [0.2, 0.25) is 5.91 Å². The van der Waals surface area contributed by atoms with Crippen LogP contribution in [0.5, 0.6) is 5.75 Å². The van der Waals surface area contributed by atoms with E-state index in [0.717, 1.165) is 22.7 Å². The molecule has 0 spiro atoms. The summed E-state index contributed by atoms with van der Waals surface area (Å²) in [5.74, 6) is 0.856. The maximum Gasteiger partial charge on any atom is 0.220 e. The third-order valence-electron chi connectivity index (χ3n) is 3.83. The SMILES string of the molecule is Cc1ccccc1OCCCC(=O)NCc1cn2cc(Cl)ccc2n1. The van der Waals surface area contributed by atoms with Gasteiger partial charge in [-0.25, -0.2) is 4.98 Å². The Morgan fingerprint density at radius 2 is 2.08 bits per heavy atom. The topological polar surface area (TPSA) is 55.6 Å². The first kappa shape index (κ1) is 17.3. The molecule has 130 valence electrons.